The Labute approximate surface area is 569 Å². The summed E-state index contributed by atoms with van der Waals surface area (Å²) >= 11 is 0. The van der Waals surface area contributed by atoms with Gasteiger partial charge in [-0.15, -0.1) is 0 Å². The van der Waals surface area contributed by atoms with Crippen LogP contribution in [0, 0.1) is 34.9 Å². The Morgan fingerprint density at radius 1 is 0.422 bits per heavy atom. The van der Waals surface area contributed by atoms with E-state index < -0.39 is 183 Å². The SMILES string of the molecule is C.C.CC(C)Oc1cc([C@@](Cc2ccc(CO)cc2)(NC(=O)c2ccc(F)c(C(F)(F)F)c2)c2cc(F)cc(OC(F)(F)C(F)F)c2)ccc1F.COC(=O)c1ccc(C[C@](NC(=O)c2ccc(F)c(C(F)(F)F)c2)(c2cc(F)cc(OC(F)(F)C(F)F)c2)c2ccc(F)c(OC(C)C)c2)cc1. The molecule has 0 unspecified atom stereocenters. The van der Waals surface area contributed by atoms with Crippen LogP contribution in [0.2, 0.25) is 0 Å². The van der Waals surface area contributed by atoms with E-state index in [9.17, 15) is 98.5 Å². The summed E-state index contributed by atoms with van der Waals surface area (Å²) in [5.74, 6) is -14.5. The van der Waals surface area contributed by atoms with Crippen LogP contribution >= 0.6 is 0 Å². The fourth-order valence-corrected chi connectivity index (χ4v) is 10.0. The predicted molar refractivity (Wildman–Crippen MR) is 331 cm³/mol. The molecule has 0 aliphatic heterocycles. The number of methoxy groups -OCH3 is 1. The molecule has 550 valence electrons. The van der Waals surface area contributed by atoms with Gasteiger partial charge in [-0.2, -0.15) is 61.5 Å². The summed E-state index contributed by atoms with van der Waals surface area (Å²) in [4.78, 5) is 39.8. The lowest BCUT2D eigenvalue weighted by Gasteiger charge is -2.37. The maximum Gasteiger partial charge on any atom is 0.461 e. The van der Waals surface area contributed by atoms with Gasteiger partial charge in [0.15, 0.2) is 23.1 Å². The van der Waals surface area contributed by atoms with Crippen LogP contribution in [0.5, 0.6) is 23.0 Å². The maximum atomic E-state index is 15.2. The highest BCUT2D eigenvalue weighted by Crippen LogP contribution is 2.44. The number of alkyl halides is 14. The van der Waals surface area contributed by atoms with Crippen LogP contribution in [0.4, 0.5) is 87.8 Å². The van der Waals surface area contributed by atoms with Gasteiger partial charge in [-0.3, -0.25) is 9.59 Å². The third kappa shape index (κ3) is 20.1. The number of hydrogen-bond donors (Lipinski definition) is 3. The highest BCUT2D eigenvalue weighted by Gasteiger charge is 2.47. The van der Waals surface area contributed by atoms with Gasteiger partial charge < -0.3 is 39.4 Å². The van der Waals surface area contributed by atoms with Crippen molar-refractivity contribution in [2.75, 3.05) is 7.11 Å². The van der Waals surface area contributed by atoms with Gasteiger partial charge in [0, 0.05) is 36.1 Å². The number of nitrogens with one attached hydrogen (secondary N) is 2. The molecule has 2 atom stereocenters. The van der Waals surface area contributed by atoms with Gasteiger partial charge >= 0.3 is 43.4 Å². The minimum atomic E-state index is -5.25. The van der Waals surface area contributed by atoms with Gasteiger partial charge in [-0.1, -0.05) is 63.4 Å². The zero-order valence-electron chi connectivity index (χ0n) is 52.2. The Hall–Kier alpha value is -10.1. The molecule has 8 rings (SSSR count). The molecule has 0 saturated heterocycles. The molecule has 0 heterocycles. The van der Waals surface area contributed by atoms with Crippen molar-refractivity contribution >= 4 is 17.8 Å². The lowest BCUT2D eigenvalue weighted by Crippen LogP contribution is -2.49. The number of aliphatic hydroxyl groups is 1. The number of carbonyl (C=O) groups is 3. The van der Waals surface area contributed by atoms with Crippen LogP contribution in [-0.4, -0.2) is 67.3 Å². The Bertz CT molecular complexity index is 4230. The molecule has 0 saturated carbocycles. The smallest absolute Gasteiger partial charge is 0.461 e. The Morgan fingerprint density at radius 3 is 1.08 bits per heavy atom. The second-order valence-corrected chi connectivity index (χ2v) is 22.5. The average Bonchev–Trinajstić information content (AvgIpc) is 0.756. The Morgan fingerprint density at radius 2 is 0.755 bits per heavy atom. The van der Waals surface area contributed by atoms with Crippen molar-refractivity contribution in [3.05, 3.63) is 259 Å². The first-order chi connectivity index (χ1) is 46.6. The third-order valence-electron chi connectivity index (χ3n) is 14.6. The van der Waals surface area contributed by atoms with Crippen LogP contribution < -0.4 is 29.6 Å². The molecule has 0 bridgehead atoms. The molecule has 3 N–H and O–H groups in total. The lowest BCUT2D eigenvalue weighted by atomic mass is 9.77. The van der Waals surface area contributed by atoms with Crippen LogP contribution in [0.3, 0.4) is 0 Å². The van der Waals surface area contributed by atoms with Crippen molar-refractivity contribution in [2.24, 2.45) is 0 Å². The summed E-state index contributed by atoms with van der Waals surface area (Å²) in [7, 11) is 1.11. The highest BCUT2D eigenvalue weighted by molar-refractivity contribution is 5.96. The number of rotatable bonds is 24. The topological polar surface area (TPSA) is 142 Å². The zero-order chi connectivity index (χ0) is 74.2. The third-order valence-corrected chi connectivity index (χ3v) is 14.6. The number of amides is 2. The van der Waals surface area contributed by atoms with Crippen LogP contribution in [-0.2, 0) is 47.6 Å². The van der Waals surface area contributed by atoms with Gasteiger partial charge in [0.1, 0.15) is 34.8 Å². The molecule has 0 aromatic heterocycles. The standard InChI is InChI=1S/C35H27F10NO5.C34H27F10NO4.2CH4/c1-18(2)50-29-15-22(9-11-28(29)38)33(17-19-4-6-20(7-5-19)31(48)49-3,23-13-24(36)16-25(14-23)51-35(44,45)32(39)40)46-30(47)21-8-10-27(37)26(12-21)34(41,42)43;1-18(2)48-29-14-22(8-10-28(29)37)32(16-19-3-5-20(17-46)6-4-19,23-12-24(35)15-25(13-23)49-34(43,44)31(38)39)45-30(47)21-7-9-27(36)26(11-21)33(40,41)42;;/h4-16,18,32H,17H2,1-3H3,(H,46,47);3-15,18,31,46H,16-17H2,1-2H3,(H,45,47);2*1H4/t33-;32-;;/m11../s1. The molecule has 31 heteroatoms. The van der Waals surface area contributed by atoms with Crippen molar-refractivity contribution in [1.82, 2.24) is 10.6 Å². The minimum absolute atomic E-state index is 0. The largest absolute Gasteiger partial charge is 0.488 e. The van der Waals surface area contributed by atoms with E-state index in [0.29, 0.717) is 60.2 Å². The molecule has 8 aromatic rings. The summed E-state index contributed by atoms with van der Waals surface area (Å²) in [5.41, 5.74) is -10.0. The molecule has 2 amide bonds. The van der Waals surface area contributed by atoms with Crippen molar-refractivity contribution in [3.63, 3.8) is 0 Å². The second kappa shape index (κ2) is 33.2. The number of hydrogen-bond acceptors (Lipinski definition) is 9. The van der Waals surface area contributed by atoms with E-state index in [4.69, 9.17) is 9.47 Å². The van der Waals surface area contributed by atoms with Gasteiger partial charge in [0.2, 0.25) is 0 Å². The number of esters is 1. The lowest BCUT2D eigenvalue weighted by molar-refractivity contribution is -0.253. The van der Waals surface area contributed by atoms with Gasteiger partial charge in [0.05, 0.1) is 53.7 Å². The second-order valence-electron chi connectivity index (χ2n) is 22.5. The Kier molecular flexibility index (Phi) is 26.8. The van der Waals surface area contributed by atoms with E-state index in [-0.39, 0.29) is 61.4 Å². The molecular weight excluding hydrogens is 1400 g/mol. The summed E-state index contributed by atoms with van der Waals surface area (Å²) in [5, 5.41) is 14.4. The van der Waals surface area contributed by atoms with Crippen LogP contribution in [0.15, 0.2) is 158 Å². The fourth-order valence-electron chi connectivity index (χ4n) is 10.0. The molecule has 8 aromatic carbocycles. The molecule has 0 radical (unpaired) electrons. The molecule has 11 nitrogen and oxygen atoms in total. The first-order valence-electron chi connectivity index (χ1n) is 29.1. The number of ether oxygens (including phenoxy) is 5. The molecule has 0 spiro atoms. The normalized spacial score (nSPS) is 13.0. The van der Waals surface area contributed by atoms with Gasteiger partial charge in [-0.25, -0.2) is 31.1 Å². The summed E-state index contributed by atoms with van der Waals surface area (Å²) in [6.45, 7) is 5.79. The molecule has 0 aliphatic rings. The van der Waals surface area contributed by atoms with Crippen molar-refractivity contribution < 1.29 is 131 Å². The van der Waals surface area contributed by atoms with E-state index in [1.54, 1.807) is 13.8 Å². The Balaban J connectivity index is 0.000000360. The van der Waals surface area contributed by atoms with E-state index in [1.165, 1.54) is 62.4 Å². The fraction of sp³-hybridized carbons (Fsp3) is 0.282. The summed E-state index contributed by atoms with van der Waals surface area (Å²) < 4.78 is 302. The van der Waals surface area contributed by atoms with Crippen molar-refractivity contribution in [1.29, 1.82) is 0 Å². The van der Waals surface area contributed by atoms with E-state index in [0.717, 1.165) is 49.6 Å². The average molecular weight is 1470 g/mol. The summed E-state index contributed by atoms with van der Waals surface area (Å²) in [6.07, 6.45) is -31.7. The zero-order valence-corrected chi connectivity index (χ0v) is 52.2. The number of aliphatic hydroxyl groups excluding tert-OH is 1. The predicted octanol–water partition coefficient (Wildman–Crippen LogP) is 18.7. The van der Waals surface area contributed by atoms with Crippen molar-refractivity contribution in [2.45, 2.75) is 123 Å². The van der Waals surface area contributed by atoms with Crippen LogP contribution in [0.1, 0.15) is 124 Å². The van der Waals surface area contributed by atoms with Crippen LogP contribution in [0.25, 0.3) is 0 Å². The first-order valence-corrected chi connectivity index (χ1v) is 29.1. The highest BCUT2D eigenvalue weighted by atomic mass is 19.4. The van der Waals surface area contributed by atoms with Gasteiger partial charge in [0.25, 0.3) is 11.8 Å². The van der Waals surface area contributed by atoms with E-state index >= 15 is 8.78 Å². The molecule has 0 aliphatic carbocycles. The van der Waals surface area contributed by atoms with Crippen molar-refractivity contribution in [3.8, 4) is 23.0 Å². The number of benzene rings is 8. The van der Waals surface area contributed by atoms with E-state index in [2.05, 4.69) is 24.8 Å². The first kappa shape index (κ1) is 82.6. The minimum Gasteiger partial charge on any atom is -0.488 e. The number of carbonyl (C=O) groups excluding carboxylic acids is 3. The molecule has 102 heavy (non-hydrogen) atoms. The van der Waals surface area contributed by atoms with E-state index in [1.807, 2.05) is 0 Å². The summed E-state index contributed by atoms with van der Waals surface area (Å²) in [6, 6.07) is 23.2. The molecular formula is C71H62F20N2O9. The monoisotopic (exact) mass is 1470 g/mol. The van der Waals surface area contributed by atoms with Gasteiger partial charge in [-0.05, 0) is 164 Å². The quantitative estimate of drug-likeness (QED) is 0.0398. The number of halogens is 20. The maximum absolute atomic E-state index is 15.2. The molecule has 0 fully saturated rings.